The fraction of sp³-hybridized carbons (Fsp3) is 0.450. The Balaban J connectivity index is 1.42. The molecule has 26 heavy (non-hydrogen) atoms. The van der Waals surface area contributed by atoms with E-state index in [2.05, 4.69) is 12.2 Å². The fourth-order valence-electron chi connectivity index (χ4n) is 5.25. The summed E-state index contributed by atoms with van der Waals surface area (Å²) in [6, 6.07) is 6.11. The van der Waals surface area contributed by atoms with Gasteiger partial charge in [0.2, 0.25) is 0 Å². The predicted octanol–water partition coefficient (Wildman–Crippen LogP) is 2.20. The molecule has 1 heterocycles. The first kappa shape index (κ1) is 15.7. The zero-order valence-corrected chi connectivity index (χ0v) is 14.3. The Kier molecular flexibility index (Phi) is 3.18. The van der Waals surface area contributed by atoms with Crippen molar-refractivity contribution in [1.29, 1.82) is 0 Å². The van der Waals surface area contributed by atoms with Crippen LogP contribution in [0.2, 0.25) is 0 Å². The Labute approximate surface area is 150 Å². The average molecular weight is 354 g/mol. The van der Waals surface area contributed by atoms with Crippen molar-refractivity contribution in [2.24, 2.45) is 35.5 Å². The number of imide groups is 1. The third kappa shape index (κ3) is 1.93. The second-order valence-corrected chi connectivity index (χ2v) is 7.80. The monoisotopic (exact) mass is 354 g/mol. The van der Waals surface area contributed by atoms with Crippen molar-refractivity contribution in [2.45, 2.75) is 13.1 Å². The van der Waals surface area contributed by atoms with Crippen LogP contribution in [-0.2, 0) is 16.3 Å². The molecule has 2 saturated carbocycles. The Hall–Kier alpha value is -2.50. The predicted molar refractivity (Wildman–Crippen MR) is 89.9 cm³/mol. The molecule has 1 aliphatic heterocycles. The number of amides is 3. The van der Waals surface area contributed by atoms with E-state index in [0.717, 1.165) is 16.4 Å². The zero-order chi connectivity index (χ0) is 18.2. The van der Waals surface area contributed by atoms with Crippen LogP contribution in [0.1, 0.15) is 22.3 Å². The molecular weight excluding hydrogens is 335 g/mol. The number of hydrogen-bond donors (Lipinski definition) is 0. The van der Waals surface area contributed by atoms with Crippen LogP contribution >= 0.6 is 0 Å². The lowest BCUT2D eigenvalue weighted by atomic mass is 9.63. The summed E-state index contributed by atoms with van der Waals surface area (Å²) in [5, 5.41) is 2.16. The van der Waals surface area contributed by atoms with E-state index in [0.29, 0.717) is 23.0 Å². The Morgan fingerprint density at radius 1 is 1.08 bits per heavy atom. The van der Waals surface area contributed by atoms with Gasteiger partial charge in [0.05, 0.1) is 11.8 Å². The Morgan fingerprint density at radius 2 is 1.62 bits per heavy atom. The fourth-order valence-corrected chi connectivity index (χ4v) is 5.25. The molecule has 3 amide bonds. The summed E-state index contributed by atoms with van der Waals surface area (Å²) >= 11 is 0. The molecule has 0 spiro atoms. The maximum Gasteiger partial charge on any atom is 0.272 e. The van der Waals surface area contributed by atoms with E-state index in [-0.39, 0.29) is 35.5 Å². The van der Waals surface area contributed by atoms with Gasteiger partial charge in [-0.2, -0.15) is 5.01 Å². The van der Waals surface area contributed by atoms with Gasteiger partial charge in [-0.25, -0.2) is 9.40 Å². The topological polar surface area (TPSA) is 57.7 Å². The van der Waals surface area contributed by atoms with E-state index in [1.807, 2.05) is 0 Å². The lowest BCUT2D eigenvalue weighted by Gasteiger charge is -2.37. The highest BCUT2D eigenvalue weighted by Crippen LogP contribution is 2.65. The van der Waals surface area contributed by atoms with Gasteiger partial charge in [-0.1, -0.05) is 24.3 Å². The summed E-state index contributed by atoms with van der Waals surface area (Å²) < 4.78 is 12.7. The number of alkyl halides is 1. The van der Waals surface area contributed by atoms with Crippen LogP contribution in [0.5, 0.6) is 0 Å². The largest absolute Gasteiger partial charge is 0.272 e. The van der Waals surface area contributed by atoms with Crippen LogP contribution < -0.4 is 0 Å². The van der Waals surface area contributed by atoms with Gasteiger partial charge in [-0.3, -0.25) is 14.4 Å². The highest BCUT2D eigenvalue weighted by molar-refractivity contribution is 6.08. The highest BCUT2D eigenvalue weighted by atomic mass is 19.1. The van der Waals surface area contributed by atoms with Crippen molar-refractivity contribution in [3.05, 3.63) is 47.5 Å². The van der Waals surface area contributed by atoms with Crippen LogP contribution in [0.15, 0.2) is 36.4 Å². The number of nitrogens with zero attached hydrogens (tertiary/aromatic N) is 2. The minimum atomic E-state index is -0.602. The molecule has 3 fully saturated rings. The van der Waals surface area contributed by atoms with Crippen LogP contribution in [0.3, 0.4) is 0 Å². The van der Waals surface area contributed by atoms with Gasteiger partial charge in [0.1, 0.15) is 6.67 Å². The molecule has 134 valence electrons. The molecule has 1 aromatic rings. The van der Waals surface area contributed by atoms with Gasteiger partial charge in [0, 0.05) is 12.6 Å². The lowest BCUT2D eigenvalue weighted by Crippen LogP contribution is -2.48. The number of allylic oxidation sites excluding steroid dienone is 2. The molecule has 0 N–H and O–H groups in total. The van der Waals surface area contributed by atoms with Gasteiger partial charge >= 0.3 is 0 Å². The molecule has 0 aromatic heterocycles. The second kappa shape index (κ2) is 5.25. The molecule has 6 heteroatoms. The summed E-state index contributed by atoms with van der Waals surface area (Å²) in [5.41, 5.74) is 0.800. The van der Waals surface area contributed by atoms with Crippen molar-refractivity contribution in [3.63, 3.8) is 0 Å². The van der Waals surface area contributed by atoms with Crippen LogP contribution in [0.4, 0.5) is 4.39 Å². The first-order valence-corrected chi connectivity index (χ1v) is 9.02. The van der Waals surface area contributed by atoms with Crippen molar-refractivity contribution < 1.29 is 18.8 Å². The van der Waals surface area contributed by atoms with Crippen LogP contribution in [0.25, 0.3) is 0 Å². The first-order valence-electron chi connectivity index (χ1n) is 9.02. The smallest absolute Gasteiger partial charge is 0.272 e. The number of rotatable bonds is 3. The maximum atomic E-state index is 13.0. The minimum Gasteiger partial charge on any atom is -0.272 e. The standard InChI is InChI=1S/C20H19FN2O3/c1-22(18(24)11-4-2-10(9-21)3-5-11)23-19(25)16-12-6-7-13(15-8-14(12)15)17(16)20(23)26/h2-7,12-17H,8-9H2,1H3/t12?,13?,14?,15?,16-,17+. The quantitative estimate of drug-likeness (QED) is 0.618. The minimum absolute atomic E-state index is 0.129. The molecule has 2 bridgehead atoms. The summed E-state index contributed by atoms with van der Waals surface area (Å²) in [4.78, 5) is 38.8. The summed E-state index contributed by atoms with van der Waals surface area (Å²) in [7, 11) is 1.45. The van der Waals surface area contributed by atoms with E-state index in [1.54, 1.807) is 0 Å². The van der Waals surface area contributed by atoms with Gasteiger partial charge in [-0.15, -0.1) is 0 Å². The number of benzene rings is 1. The van der Waals surface area contributed by atoms with E-state index < -0.39 is 12.6 Å². The summed E-state index contributed by atoms with van der Waals surface area (Å²) in [5.74, 6) is -0.319. The van der Waals surface area contributed by atoms with Crippen molar-refractivity contribution in [3.8, 4) is 0 Å². The molecule has 5 aliphatic rings. The number of halogens is 1. The molecular formula is C20H19FN2O3. The van der Waals surface area contributed by atoms with Crippen LogP contribution in [0, 0.1) is 35.5 Å². The molecule has 1 aromatic carbocycles. The van der Waals surface area contributed by atoms with E-state index in [9.17, 15) is 18.8 Å². The number of carbonyl (C=O) groups is 3. The van der Waals surface area contributed by atoms with Gasteiger partial charge in [0.15, 0.2) is 0 Å². The van der Waals surface area contributed by atoms with Gasteiger partial charge < -0.3 is 0 Å². The average Bonchev–Trinajstić information content (AvgIpc) is 3.45. The Bertz CT molecular complexity index is 813. The van der Waals surface area contributed by atoms with Crippen LogP contribution in [-0.4, -0.2) is 34.8 Å². The SMILES string of the molecule is CN(C(=O)c1ccc(CF)cc1)N1C(=O)[C@@H]2C3C=CC(C4CC43)[C@@H]2C1=O. The molecule has 6 rings (SSSR count). The third-order valence-electron chi connectivity index (χ3n) is 6.59. The van der Waals surface area contributed by atoms with Crippen molar-refractivity contribution >= 4 is 17.7 Å². The van der Waals surface area contributed by atoms with E-state index in [1.165, 1.54) is 31.3 Å². The molecule has 0 radical (unpaired) electrons. The number of carbonyl (C=O) groups excluding carboxylic acids is 3. The maximum absolute atomic E-state index is 13.0. The van der Waals surface area contributed by atoms with E-state index >= 15 is 0 Å². The molecule has 4 aliphatic carbocycles. The second-order valence-electron chi connectivity index (χ2n) is 7.80. The zero-order valence-electron chi connectivity index (χ0n) is 14.3. The lowest BCUT2D eigenvalue weighted by molar-refractivity contribution is -0.153. The third-order valence-corrected chi connectivity index (χ3v) is 6.59. The molecule has 5 nitrogen and oxygen atoms in total. The number of hydrogen-bond acceptors (Lipinski definition) is 3. The molecule has 1 saturated heterocycles. The van der Waals surface area contributed by atoms with Gasteiger partial charge in [-0.05, 0) is 47.8 Å². The number of hydrazine groups is 1. The first-order chi connectivity index (χ1) is 12.5. The highest BCUT2D eigenvalue weighted by Gasteiger charge is 2.67. The van der Waals surface area contributed by atoms with Crippen molar-refractivity contribution in [2.75, 3.05) is 7.05 Å². The summed E-state index contributed by atoms with van der Waals surface area (Å²) in [6.45, 7) is -0.602. The Morgan fingerprint density at radius 3 is 2.12 bits per heavy atom. The molecule has 6 atom stereocenters. The van der Waals surface area contributed by atoms with Gasteiger partial charge in [0.25, 0.3) is 17.7 Å². The normalized spacial score (nSPS) is 36.2. The molecule has 4 unspecified atom stereocenters. The van der Waals surface area contributed by atoms with Crippen molar-refractivity contribution in [1.82, 2.24) is 10.0 Å². The summed E-state index contributed by atoms with van der Waals surface area (Å²) in [6.07, 6.45) is 5.31. The van der Waals surface area contributed by atoms with E-state index in [4.69, 9.17) is 0 Å².